The van der Waals surface area contributed by atoms with E-state index in [1.807, 2.05) is 0 Å². The molecule has 0 heterocycles. The Kier molecular flexibility index (Phi) is 5.32. The van der Waals surface area contributed by atoms with Gasteiger partial charge in [-0.25, -0.2) is 0 Å². The van der Waals surface area contributed by atoms with Gasteiger partial charge >= 0.3 is 0 Å². The summed E-state index contributed by atoms with van der Waals surface area (Å²) in [6, 6.07) is 7.70. The standard InChI is InChI=1S/C13H8BrCl3N2O2/c14-9-2-1-7(19(20)21)5-12(9)18-6-8-10(15)3-4-11(16)13(8)17/h1-5,18H,6H2. The Morgan fingerprint density at radius 3 is 2.48 bits per heavy atom. The van der Waals surface area contributed by atoms with Gasteiger partial charge in [-0.05, 0) is 34.1 Å². The van der Waals surface area contributed by atoms with Crippen molar-refractivity contribution in [3.05, 3.63) is 65.6 Å². The monoisotopic (exact) mass is 408 g/mol. The van der Waals surface area contributed by atoms with E-state index in [1.165, 1.54) is 12.1 Å². The van der Waals surface area contributed by atoms with Crippen molar-refractivity contribution in [3.63, 3.8) is 0 Å². The third kappa shape index (κ3) is 3.80. The average Bonchev–Trinajstić information content (AvgIpc) is 2.44. The van der Waals surface area contributed by atoms with Crippen molar-refractivity contribution >= 4 is 62.1 Å². The van der Waals surface area contributed by atoms with Crippen LogP contribution in [-0.4, -0.2) is 4.92 Å². The topological polar surface area (TPSA) is 55.2 Å². The number of hydrogen-bond acceptors (Lipinski definition) is 3. The van der Waals surface area contributed by atoms with Gasteiger partial charge in [0.2, 0.25) is 0 Å². The van der Waals surface area contributed by atoms with Gasteiger partial charge in [-0.3, -0.25) is 10.1 Å². The molecule has 2 aromatic rings. The Hall–Kier alpha value is -1.01. The molecule has 0 saturated carbocycles. The summed E-state index contributed by atoms with van der Waals surface area (Å²) in [7, 11) is 0. The molecule has 21 heavy (non-hydrogen) atoms. The molecule has 0 bridgehead atoms. The summed E-state index contributed by atoms with van der Waals surface area (Å²) in [6.45, 7) is 0.290. The molecule has 0 aliphatic heterocycles. The maximum absolute atomic E-state index is 10.8. The van der Waals surface area contributed by atoms with Crippen LogP contribution in [0, 0.1) is 10.1 Å². The predicted octanol–water partition coefficient (Wildman–Crippen LogP) is 5.93. The Morgan fingerprint density at radius 2 is 1.81 bits per heavy atom. The Labute approximate surface area is 144 Å². The fourth-order valence-electron chi connectivity index (χ4n) is 1.68. The lowest BCUT2D eigenvalue weighted by Gasteiger charge is -2.12. The van der Waals surface area contributed by atoms with Crippen LogP contribution in [0.3, 0.4) is 0 Å². The number of rotatable bonds is 4. The van der Waals surface area contributed by atoms with Crippen molar-refractivity contribution in [2.45, 2.75) is 6.54 Å². The Bertz CT molecular complexity index is 710. The molecule has 2 aromatic carbocycles. The van der Waals surface area contributed by atoms with Crippen molar-refractivity contribution in [3.8, 4) is 0 Å². The van der Waals surface area contributed by atoms with Gasteiger partial charge in [0, 0.05) is 33.7 Å². The molecule has 0 amide bonds. The highest BCUT2D eigenvalue weighted by molar-refractivity contribution is 9.10. The first-order valence-electron chi connectivity index (χ1n) is 5.70. The fraction of sp³-hybridized carbons (Fsp3) is 0.0769. The van der Waals surface area contributed by atoms with E-state index < -0.39 is 4.92 Å². The highest BCUT2D eigenvalue weighted by Crippen LogP contribution is 2.33. The molecule has 0 fully saturated rings. The fourth-order valence-corrected chi connectivity index (χ4v) is 2.75. The maximum atomic E-state index is 10.8. The van der Waals surface area contributed by atoms with Gasteiger partial charge in [0.05, 0.1) is 20.7 Å². The number of nitrogens with one attached hydrogen (secondary N) is 1. The number of nitro benzene ring substituents is 1. The second-order valence-corrected chi connectivity index (χ2v) is 6.14. The minimum Gasteiger partial charge on any atom is -0.380 e. The summed E-state index contributed by atoms with van der Waals surface area (Å²) < 4.78 is 0.697. The van der Waals surface area contributed by atoms with Gasteiger partial charge in [0.1, 0.15) is 0 Å². The van der Waals surface area contributed by atoms with Crippen molar-refractivity contribution in [2.75, 3.05) is 5.32 Å². The quantitative estimate of drug-likeness (QED) is 0.386. The maximum Gasteiger partial charge on any atom is 0.271 e. The van der Waals surface area contributed by atoms with Crippen LogP contribution < -0.4 is 5.32 Å². The molecule has 0 aromatic heterocycles. The van der Waals surface area contributed by atoms with Crippen LogP contribution in [0.25, 0.3) is 0 Å². The summed E-state index contributed by atoms with van der Waals surface area (Å²) in [4.78, 5) is 10.3. The van der Waals surface area contributed by atoms with Crippen LogP contribution in [0.5, 0.6) is 0 Å². The van der Waals surface area contributed by atoms with Crippen LogP contribution >= 0.6 is 50.7 Å². The van der Waals surface area contributed by atoms with E-state index in [2.05, 4.69) is 21.2 Å². The highest BCUT2D eigenvalue weighted by Gasteiger charge is 2.12. The van der Waals surface area contributed by atoms with Crippen LogP contribution in [0.4, 0.5) is 11.4 Å². The molecular formula is C13H8BrCl3N2O2. The lowest BCUT2D eigenvalue weighted by Crippen LogP contribution is -2.02. The van der Waals surface area contributed by atoms with E-state index in [4.69, 9.17) is 34.8 Å². The molecule has 0 unspecified atom stereocenters. The van der Waals surface area contributed by atoms with Gasteiger partial charge in [-0.2, -0.15) is 0 Å². The molecule has 2 rings (SSSR count). The molecule has 0 radical (unpaired) electrons. The van der Waals surface area contributed by atoms with Gasteiger partial charge in [0.15, 0.2) is 0 Å². The molecular weight excluding hydrogens is 402 g/mol. The first kappa shape index (κ1) is 16.4. The number of non-ortho nitro benzene ring substituents is 1. The summed E-state index contributed by atoms with van der Waals surface area (Å²) in [5.74, 6) is 0. The summed E-state index contributed by atoms with van der Waals surface area (Å²) in [5, 5.41) is 15.1. The van der Waals surface area contributed by atoms with Crippen LogP contribution in [-0.2, 0) is 6.54 Å². The minimum atomic E-state index is -0.461. The smallest absolute Gasteiger partial charge is 0.271 e. The van der Waals surface area contributed by atoms with E-state index in [0.717, 1.165) is 0 Å². The van der Waals surface area contributed by atoms with Crippen molar-refractivity contribution < 1.29 is 4.92 Å². The SMILES string of the molecule is O=[N+]([O-])c1ccc(Br)c(NCc2c(Cl)ccc(Cl)c2Cl)c1. The third-order valence-electron chi connectivity index (χ3n) is 2.76. The predicted molar refractivity (Wildman–Crippen MR) is 89.6 cm³/mol. The van der Waals surface area contributed by atoms with Crippen LogP contribution in [0.15, 0.2) is 34.8 Å². The van der Waals surface area contributed by atoms with Crippen molar-refractivity contribution in [1.29, 1.82) is 0 Å². The number of halogens is 4. The van der Waals surface area contributed by atoms with Gasteiger partial charge in [-0.15, -0.1) is 0 Å². The molecule has 0 aliphatic carbocycles. The molecule has 0 aliphatic rings. The Morgan fingerprint density at radius 1 is 1.14 bits per heavy atom. The molecule has 110 valence electrons. The van der Waals surface area contributed by atoms with Gasteiger partial charge < -0.3 is 5.32 Å². The molecule has 8 heteroatoms. The number of nitro groups is 1. The number of nitrogens with zero attached hydrogens (tertiary/aromatic N) is 1. The lowest BCUT2D eigenvalue weighted by atomic mass is 10.2. The van der Waals surface area contributed by atoms with E-state index in [1.54, 1.807) is 18.2 Å². The lowest BCUT2D eigenvalue weighted by molar-refractivity contribution is -0.384. The second kappa shape index (κ2) is 6.83. The second-order valence-electron chi connectivity index (χ2n) is 4.10. The first-order valence-corrected chi connectivity index (χ1v) is 7.63. The van der Waals surface area contributed by atoms with Crippen molar-refractivity contribution in [1.82, 2.24) is 0 Å². The zero-order chi connectivity index (χ0) is 15.6. The van der Waals surface area contributed by atoms with Gasteiger partial charge in [-0.1, -0.05) is 34.8 Å². The zero-order valence-corrected chi connectivity index (χ0v) is 14.2. The van der Waals surface area contributed by atoms with E-state index in [9.17, 15) is 10.1 Å². The molecule has 0 atom stereocenters. The molecule has 0 saturated heterocycles. The van der Waals surface area contributed by atoms with Crippen molar-refractivity contribution in [2.24, 2.45) is 0 Å². The average molecular weight is 410 g/mol. The molecule has 1 N–H and O–H groups in total. The third-order valence-corrected chi connectivity index (χ3v) is 4.64. The first-order chi connectivity index (χ1) is 9.90. The summed E-state index contributed by atoms with van der Waals surface area (Å²) >= 11 is 21.5. The molecule has 4 nitrogen and oxygen atoms in total. The summed E-state index contributed by atoms with van der Waals surface area (Å²) in [6.07, 6.45) is 0. The van der Waals surface area contributed by atoms with Crippen LogP contribution in [0.2, 0.25) is 15.1 Å². The van der Waals surface area contributed by atoms with Crippen LogP contribution in [0.1, 0.15) is 5.56 Å². The van der Waals surface area contributed by atoms with E-state index in [0.29, 0.717) is 30.8 Å². The summed E-state index contributed by atoms with van der Waals surface area (Å²) in [5.41, 5.74) is 1.18. The van der Waals surface area contributed by atoms with E-state index in [-0.39, 0.29) is 12.2 Å². The number of hydrogen-bond donors (Lipinski definition) is 1. The van der Waals surface area contributed by atoms with Gasteiger partial charge in [0.25, 0.3) is 5.69 Å². The molecule has 0 spiro atoms. The minimum absolute atomic E-state index is 0.0102. The largest absolute Gasteiger partial charge is 0.380 e. The normalized spacial score (nSPS) is 10.5. The van der Waals surface area contributed by atoms with E-state index >= 15 is 0 Å². The highest BCUT2D eigenvalue weighted by atomic mass is 79.9. The number of benzene rings is 2. The number of anilines is 1. The zero-order valence-electron chi connectivity index (χ0n) is 10.4. The Balaban J connectivity index is 2.26.